The van der Waals surface area contributed by atoms with Crippen LogP contribution in [0.15, 0.2) is 18.2 Å². The Morgan fingerprint density at radius 2 is 2.00 bits per heavy atom. The fourth-order valence-corrected chi connectivity index (χ4v) is 2.11. The largest absolute Gasteiger partial charge is 0.490 e. The van der Waals surface area contributed by atoms with Crippen LogP contribution < -0.4 is 15.2 Å². The minimum absolute atomic E-state index is 0.465. The highest BCUT2D eigenvalue weighted by Gasteiger charge is 2.13. The first-order valence-corrected chi connectivity index (χ1v) is 6.09. The molecule has 88 valence electrons. The number of aromatic nitrogens is 2. The molecule has 2 heterocycles. The van der Waals surface area contributed by atoms with Crippen LogP contribution in [0.25, 0.3) is 11.4 Å². The van der Waals surface area contributed by atoms with E-state index in [1.807, 2.05) is 18.2 Å². The molecule has 3 rings (SSSR count). The fourth-order valence-electron chi connectivity index (χ4n) is 1.65. The van der Waals surface area contributed by atoms with Crippen molar-refractivity contribution in [2.24, 2.45) is 0 Å². The lowest BCUT2D eigenvalue weighted by atomic mass is 10.2. The predicted molar refractivity (Wildman–Crippen MR) is 65.4 cm³/mol. The van der Waals surface area contributed by atoms with E-state index < -0.39 is 0 Å². The second-order valence-electron chi connectivity index (χ2n) is 3.67. The summed E-state index contributed by atoms with van der Waals surface area (Å²) in [5.74, 6) is 2.14. The van der Waals surface area contributed by atoms with Crippen LogP contribution in [0.5, 0.6) is 11.5 Å². The summed E-state index contributed by atoms with van der Waals surface area (Å²) in [4.78, 5) is 4.14. The van der Waals surface area contributed by atoms with Crippen LogP contribution >= 0.6 is 11.5 Å². The second-order valence-corrected chi connectivity index (χ2v) is 4.45. The van der Waals surface area contributed by atoms with Crippen LogP contribution in [0, 0.1) is 0 Å². The molecule has 0 fully saturated rings. The normalized spacial score (nSPS) is 14.4. The highest BCUT2D eigenvalue weighted by molar-refractivity contribution is 7.09. The van der Waals surface area contributed by atoms with E-state index in [2.05, 4.69) is 9.36 Å². The zero-order valence-electron chi connectivity index (χ0n) is 9.05. The van der Waals surface area contributed by atoms with E-state index in [4.69, 9.17) is 15.2 Å². The molecule has 0 bridgehead atoms. The van der Waals surface area contributed by atoms with Crippen LogP contribution in [-0.4, -0.2) is 22.6 Å². The van der Waals surface area contributed by atoms with Crippen molar-refractivity contribution in [3.63, 3.8) is 0 Å². The zero-order chi connectivity index (χ0) is 11.7. The zero-order valence-corrected chi connectivity index (χ0v) is 9.87. The van der Waals surface area contributed by atoms with Crippen molar-refractivity contribution < 1.29 is 9.47 Å². The van der Waals surface area contributed by atoms with E-state index in [0.717, 1.165) is 23.5 Å². The number of anilines is 1. The first-order valence-electron chi connectivity index (χ1n) is 5.32. The number of nitrogens with two attached hydrogens (primary N) is 1. The first-order chi connectivity index (χ1) is 8.33. The van der Waals surface area contributed by atoms with Crippen LogP contribution in [0.3, 0.4) is 0 Å². The molecule has 0 radical (unpaired) electrons. The number of hydrogen-bond donors (Lipinski definition) is 1. The van der Waals surface area contributed by atoms with Crippen LogP contribution in [0.2, 0.25) is 0 Å². The van der Waals surface area contributed by atoms with Crippen LogP contribution in [0.4, 0.5) is 5.13 Å². The lowest BCUT2D eigenvalue weighted by molar-refractivity contribution is 0.297. The molecule has 0 unspecified atom stereocenters. The molecule has 6 heteroatoms. The van der Waals surface area contributed by atoms with E-state index >= 15 is 0 Å². The Balaban J connectivity index is 2.00. The first kappa shape index (κ1) is 10.3. The molecular weight excluding hydrogens is 238 g/mol. The number of hydrogen-bond acceptors (Lipinski definition) is 6. The molecule has 2 N–H and O–H groups in total. The second kappa shape index (κ2) is 4.21. The van der Waals surface area contributed by atoms with Crippen LogP contribution in [-0.2, 0) is 0 Å². The maximum Gasteiger partial charge on any atom is 0.200 e. The molecule has 1 aliphatic heterocycles. The highest BCUT2D eigenvalue weighted by atomic mass is 32.1. The molecule has 1 aromatic carbocycles. The van der Waals surface area contributed by atoms with Gasteiger partial charge in [-0.15, -0.1) is 0 Å². The van der Waals surface area contributed by atoms with Gasteiger partial charge in [0.05, 0.1) is 13.2 Å². The van der Waals surface area contributed by atoms with Gasteiger partial charge >= 0.3 is 0 Å². The molecule has 0 aliphatic carbocycles. The summed E-state index contributed by atoms with van der Waals surface area (Å²) in [5, 5.41) is 0.465. The van der Waals surface area contributed by atoms with Crippen molar-refractivity contribution in [2.45, 2.75) is 6.42 Å². The molecule has 1 aromatic heterocycles. The smallest absolute Gasteiger partial charge is 0.200 e. The Labute approximate surface area is 102 Å². The van der Waals surface area contributed by atoms with Crippen molar-refractivity contribution in [1.29, 1.82) is 0 Å². The summed E-state index contributed by atoms with van der Waals surface area (Å²) < 4.78 is 15.3. The average molecular weight is 249 g/mol. The monoisotopic (exact) mass is 249 g/mol. The van der Waals surface area contributed by atoms with Crippen molar-refractivity contribution in [1.82, 2.24) is 9.36 Å². The lowest BCUT2D eigenvalue weighted by Gasteiger charge is -2.07. The highest BCUT2D eigenvalue weighted by Crippen LogP contribution is 2.33. The van der Waals surface area contributed by atoms with Gasteiger partial charge in [0, 0.05) is 23.5 Å². The minimum atomic E-state index is 0.465. The van der Waals surface area contributed by atoms with E-state index in [-0.39, 0.29) is 0 Å². The summed E-state index contributed by atoms with van der Waals surface area (Å²) >= 11 is 1.19. The third-order valence-electron chi connectivity index (χ3n) is 2.45. The lowest BCUT2D eigenvalue weighted by Crippen LogP contribution is -1.97. The van der Waals surface area contributed by atoms with E-state index in [9.17, 15) is 0 Å². The summed E-state index contributed by atoms with van der Waals surface area (Å²) in [6.45, 7) is 1.36. The van der Waals surface area contributed by atoms with Crippen molar-refractivity contribution in [2.75, 3.05) is 18.9 Å². The summed E-state index contributed by atoms with van der Waals surface area (Å²) in [5.41, 5.74) is 6.46. The fraction of sp³-hybridized carbons (Fsp3) is 0.273. The van der Waals surface area contributed by atoms with E-state index in [1.165, 1.54) is 11.5 Å². The maximum atomic E-state index is 5.61. The third-order valence-corrected chi connectivity index (χ3v) is 2.99. The standard InChI is InChI=1S/C11H11N3O2S/c12-11-13-10(14-17-11)7-2-3-8-9(6-7)16-5-1-4-15-8/h2-3,6H,1,4-5H2,(H2,12,13,14). The number of nitrogen functional groups attached to an aromatic ring is 1. The van der Waals surface area contributed by atoms with Gasteiger partial charge in [-0.05, 0) is 18.2 Å². The van der Waals surface area contributed by atoms with E-state index in [0.29, 0.717) is 24.2 Å². The van der Waals surface area contributed by atoms with Crippen LogP contribution in [0.1, 0.15) is 6.42 Å². The molecule has 0 spiro atoms. The Hall–Kier alpha value is -1.82. The molecule has 1 aliphatic rings. The Morgan fingerprint density at radius 1 is 1.18 bits per heavy atom. The number of nitrogens with zero attached hydrogens (tertiary/aromatic N) is 2. The molecule has 0 atom stereocenters. The maximum absolute atomic E-state index is 5.61. The van der Waals surface area contributed by atoms with Gasteiger partial charge in [-0.25, -0.2) is 0 Å². The van der Waals surface area contributed by atoms with E-state index in [1.54, 1.807) is 0 Å². The molecule has 17 heavy (non-hydrogen) atoms. The topological polar surface area (TPSA) is 70.3 Å². The molecule has 0 amide bonds. The number of ether oxygens (including phenoxy) is 2. The molecular formula is C11H11N3O2S. The van der Waals surface area contributed by atoms with Gasteiger partial charge in [0.25, 0.3) is 0 Å². The van der Waals surface area contributed by atoms with Crippen molar-refractivity contribution >= 4 is 16.7 Å². The van der Waals surface area contributed by atoms with Gasteiger partial charge < -0.3 is 15.2 Å². The van der Waals surface area contributed by atoms with Gasteiger partial charge in [0.2, 0.25) is 0 Å². The SMILES string of the molecule is Nc1nc(-c2ccc3c(c2)OCCCO3)ns1. The molecule has 2 aromatic rings. The molecule has 0 saturated carbocycles. The van der Waals surface area contributed by atoms with Gasteiger partial charge in [-0.2, -0.15) is 9.36 Å². The quantitative estimate of drug-likeness (QED) is 0.836. The summed E-state index contributed by atoms with van der Waals surface area (Å²) in [6.07, 6.45) is 0.895. The van der Waals surface area contributed by atoms with Gasteiger partial charge in [0.1, 0.15) is 0 Å². The number of rotatable bonds is 1. The average Bonchev–Trinajstić information content (AvgIpc) is 2.64. The molecule has 5 nitrogen and oxygen atoms in total. The predicted octanol–water partition coefficient (Wildman–Crippen LogP) is 1.95. The summed E-state index contributed by atoms with van der Waals surface area (Å²) in [7, 11) is 0. The number of fused-ring (bicyclic) bond motifs is 1. The summed E-state index contributed by atoms with van der Waals surface area (Å²) in [6, 6.07) is 5.68. The van der Waals surface area contributed by atoms with Crippen molar-refractivity contribution in [3.8, 4) is 22.9 Å². The number of benzene rings is 1. The minimum Gasteiger partial charge on any atom is -0.490 e. The van der Waals surface area contributed by atoms with Gasteiger partial charge in [-0.1, -0.05) is 0 Å². The molecule has 0 saturated heterocycles. The Kier molecular flexibility index (Phi) is 2.56. The van der Waals surface area contributed by atoms with Gasteiger partial charge in [0.15, 0.2) is 22.5 Å². The Morgan fingerprint density at radius 3 is 2.76 bits per heavy atom. The van der Waals surface area contributed by atoms with Crippen molar-refractivity contribution in [3.05, 3.63) is 18.2 Å². The van der Waals surface area contributed by atoms with Gasteiger partial charge in [-0.3, -0.25) is 0 Å². The third kappa shape index (κ3) is 2.03. The Bertz CT molecular complexity index is 541.